The summed E-state index contributed by atoms with van der Waals surface area (Å²) in [4.78, 5) is 33.2. The van der Waals surface area contributed by atoms with E-state index in [9.17, 15) is 14.0 Å². The van der Waals surface area contributed by atoms with E-state index in [0.717, 1.165) is 17.3 Å². The van der Waals surface area contributed by atoms with Gasteiger partial charge in [0.1, 0.15) is 5.82 Å². The van der Waals surface area contributed by atoms with Gasteiger partial charge in [-0.2, -0.15) is 0 Å². The van der Waals surface area contributed by atoms with Gasteiger partial charge in [-0.1, -0.05) is 26.0 Å². The molecule has 0 aliphatic rings. The lowest BCUT2D eigenvalue weighted by Gasteiger charge is -2.27. The number of nitrogens with zero attached hydrogens (tertiary/aromatic N) is 1. The minimum atomic E-state index is -0.748. The van der Waals surface area contributed by atoms with Crippen LogP contribution in [0.2, 0.25) is 0 Å². The van der Waals surface area contributed by atoms with Gasteiger partial charge in [-0.15, -0.1) is 0 Å². The Labute approximate surface area is 179 Å². The Morgan fingerprint density at radius 3 is 2.55 bits per heavy atom. The molecule has 0 spiro atoms. The van der Waals surface area contributed by atoms with Gasteiger partial charge in [-0.25, -0.2) is 4.39 Å². The molecule has 1 amide bonds. The first kappa shape index (κ1) is 20.7. The number of hydrogen-bond acceptors (Lipinski definition) is 3. The van der Waals surface area contributed by atoms with Crippen molar-refractivity contribution < 1.29 is 9.18 Å². The largest absolute Gasteiger partial charge is 0.354 e. The minimum Gasteiger partial charge on any atom is -0.354 e. The summed E-state index contributed by atoms with van der Waals surface area (Å²) in [7, 11) is 0. The molecule has 0 fully saturated rings. The van der Waals surface area contributed by atoms with Crippen molar-refractivity contribution in [3.8, 4) is 0 Å². The second kappa shape index (κ2) is 7.61. The molecule has 2 heterocycles. The Balaban J connectivity index is 1.73. The number of amides is 1. The van der Waals surface area contributed by atoms with E-state index >= 15 is 0 Å². The number of pyridine rings is 2. The summed E-state index contributed by atoms with van der Waals surface area (Å²) in [6.45, 7) is 7.82. The predicted octanol–water partition coefficient (Wildman–Crippen LogP) is 5.00. The quantitative estimate of drug-likeness (QED) is 0.459. The first-order chi connectivity index (χ1) is 14.7. The highest BCUT2D eigenvalue weighted by molar-refractivity contribution is 6.00. The molecule has 0 aliphatic heterocycles. The maximum Gasteiger partial charge on any atom is 0.255 e. The molecule has 0 aliphatic carbocycles. The lowest BCUT2D eigenvalue weighted by Crippen LogP contribution is -2.41. The summed E-state index contributed by atoms with van der Waals surface area (Å²) in [5.74, 6) is -1.04. The number of nitrogens with one attached hydrogen (secondary N) is 2. The van der Waals surface area contributed by atoms with Gasteiger partial charge >= 0.3 is 0 Å². The average molecular weight is 417 g/mol. The third kappa shape index (κ3) is 3.81. The van der Waals surface area contributed by atoms with Crippen LogP contribution in [0.25, 0.3) is 21.8 Å². The maximum atomic E-state index is 14.9. The van der Waals surface area contributed by atoms with Gasteiger partial charge in [0.05, 0.1) is 16.6 Å². The monoisotopic (exact) mass is 417 g/mol. The maximum absolute atomic E-state index is 14.9. The Bertz CT molecular complexity index is 1370. The Morgan fingerprint density at radius 2 is 1.81 bits per heavy atom. The van der Waals surface area contributed by atoms with Crippen molar-refractivity contribution in [2.75, 3.05) is 0 Å². The summed E-state index contributed by atoms with van der Waals surface area (Å²) < 4.78 is 14.9. The number of para-hydroxylation sites is 1. The number of H-pyrrole nitrogens is 1. The number of benzene rings is 2. The molecule has 2 aromatic heterocycles. The van der Waals surface area contributed by atoms with Gasteiger partial charge in [0.2, 0.25) is 0 Å². The van der Waals surface area contributed by atoms with Crippen molar-refractivity contribution >= 4 is 27.7 Å². The number of aromatic amines is 1. The van der Waals surface area contributed by atoms with Crippen LogP contribution < -0.4 is 10.7 Å². The SMILES string of the molecule is CC(C)c1cc(C(C)(C)NC(=O)c2cc3[nH]c4ccccc4c(=O)c3cc2F)ccn1. The van der Waals surface area contributed by atoms with E-state index in [1.165, 1.54) is 6.07 Å². The van der Waals surface area contributed by atoms with E-state index in [4.69, 9.17) is 0 Å². The van der Waals surface area contributed by atoms with E-state index in [0.29, 0.717) is 16.4 Å². The van der Waals surface area contributed by atoms with Gasteiger partial charge in [0, 0.05) is 28.2 Å². The number of carbonyl (C=O) groups is 1. The van der Waals surface area contributed by atoms with Crippen LogP contribution in [-0.4, -0.2) is 15.9 Å². The first-order valence-electron chi connectivity index (χ1n) is 10.2. The normalized spacial score (nSPS) is 11.9. The molecule has 0 bridgehead atoms. The fourth-order valence-corrected chi connectivity index (χ4v) is 3.69. The van der Waals surface area contributed by atoms with Crippen molar-refractivity contribution in [2.45, 2.75) is 39.2 Å². The van der Waals surface area contributed by atoms with Crippen molar-refractivity contribution in [1.82, 2.24) is 15.3 Å². The fraction of sp³-hybridized carbons (Fsp3) is 0.240. The van der Waals surface area contributed by atoms with Crippen LogP contribution in [-0.2, 0) is 5.54 Å². The molecule has 158 valence electrons. The van der Waals surface area contributed by atoms with Crippen LogP contribution in [0.4, 0.5) is 4.39 Å². The number of halogens is 1. The first-order valence-corrected chi connectivity index (χ1v) is 10.2. The summed E-state index contributed by atoms with van der Waals surface area (Å²) in [6.07, 6.45) is 1.71. The zero-order chi connectivity index (χ0) is 22.3. The third-order valence-electron chi connectivity index (χ3n) is 5.56. The molecule has 4 aromatic rings. The Hall–Kier alpha value is -3.54. The lowest BCUT2D eigenvalue weighted by molar-refractivity contribution is 0.0908. The van der Waals surface area contributed by atoms with Gasteiger partial charge < -0.3 is 10.3 Å². The second-order valence-corrected chi connectivity index (χ2v) is 8.58. The highest BCUT2D eigenvalue weighted by atomic mass is 19.1. The van der Waals surface area contributed by atoms with Crippen molar-refractivity contribution in [3.05, 3.63) is 87.6 Å². The summed E-state index contributed by atoms with van der Waals surface area (Å²) in [5.41, 5.74) is 1.71. The van der Waals surface area contributed by atoms with Crippen LogP contribution >= 0.6 is 0 Å². The smallest absolute Gasteiger partial charge is 0.255 e. The molecular weight excluding hydrogens is 393 g/mol. The molecule has 0 saturated carbocycles. The number of fused-ring (bicyclic) bond motifs is 2. The summed E-state index contributed by atoms with van der Waals surface area (Å²) in [6, 6.07) is 13.4. The van der Waals surface area contributed by atoms with E-state index in [-0.39, 0.29) is 22.3 Å². The molecule has 2 N–H and O–H groups in total. The van der Waals surface area contributed by atoms with Gasteiger partial charge in [-0.3, -0.25) is 14.6 Å². The topological polar surface area (TPSA) is 74.8 Å². The van der Waals surface area contributed by atoms with Crippen molar-refractivity contribution in [1.29, 1.82) is 0 Å². The zero-order valence-electron chi connectivity index (χ0n) is 17.9. The molecule has 31 heavy (non-hydrogen) atoms. The zero-order valence-corrected chi connectivity index (χ0v) is 17.9. The second-order valence-electron chi connectivity index (χ2n) is 8.58. The molecule has 2 aromatic carbocycles. The molecule has 6 heteroatoms. The van der Waals surface area contributed by atoms with Gasteiger partial charge in [-0.05, 0) is 61.7 Å². The van der Waals surface area contributed by atoms with Gasteiger partial charge in [0.25, 0.3) is 5.91 Å². The van der Waals surface area contributed by atoms with Crippen LogP contribution in [0.1, 0.15) is 55.2 Å². The molecular formula is C25H24FN3O2. The van der Waals surface area contributed by atoms with Crippen LogP contribution in [0, 0.1) is 5.82 Å². The Morgan fingerprint density at radius 1 is 1.06 bits per heavy atom. The molecule has 4 rings (SSSR count). The van der Waals surface area contributed by atoms with Crippen LogP contribution in [0.15, 0.2) is 59.5 Å². The summed E-state index contributed by atoms with van der Waals surface area (Å²) in [5, 5.41) is 3.60. The number of carbonyl (C=O) groups excluding carboxylic acids is 1. The fourth-order valence-electron chi connectivity index (χ4n) is 3.69. The molecule has 0 saturated heterocycles. The number of rotatable bonds is 4. The summed E-state index contributed by atoms with van der Waals surface area (Å²) >= 11 is 0. The Kier molecular flexibility index (Phi) is 5.09. The van der Waals surface area contributed by atoms with E-state index in [2.05, 4.69) is 15.3 Å². The molecule has 0 radical (unpaired) electrons. The highest BCUT2D eigenvalue weighted by Gasteiger charge is 2.26. The minimum absolute atomic E-state index is 0.121. The number of aromatic nitrogens is 2. The van der Waals surface area contributed by atoms with E-state index in [1.807, 2.05) is 45.9 Å². The van der Waals surface area contributed by atoms with E-state index < -0.39 is 17.3 Å². The van der Waals surface area contributed by atoms with Crippen molar-refractivity contribution in [2.24, 2.45) is 0 Å². The molecule has 5 nitrogen and oxygen atoms in total. The molecule has 0 atom stereocenters. The number of hydrogen-bond donors (Lipinski definition) is 2. The lowest BCUT2D eigenvalue weighted by atomic mass is 9.92. The highest BCUT2D eigenvalue weighted by Crippen LogP contribution is 2.25. The van der Waals surface area contributed by atoms with Crippen LogP contribution in [0.3, 0.4) is 0 Å². The van der Waals surface area contributed by atoms with E-state index in [1.54, 1.807) is 24.4 Å². The third-order valence-corrected chi connectivity index (χ3v) is 5.56. The standard InChI is InChI=1S/C25H24FN3O2/c1-14(2)21-11-15(9-10-27-21)25(3,4)29-24(31)17-13-22-18(12-19(17)26)23(30)16-7-5-6-8-20(16)28-22/h5-14H,1-4H3,(H,28,30)(H,29,31). The molecule has 0 unspecified atom stereocenters. The predicted molar refractivity (Wildman–Crippen MR) is 121 cm³/mol. The van der Waals surface area contributed by atoms with Gasteiger partial charge in [0.15, 0.2) is 5.43 Å². The van der Waals surface area contributed by atoms with Crippen molar-refractivity contribution in [3.63, 3.8) is 0 Å². The van der Waals surface area contributed by atoms with Crippen LogP contribution in [0.5, 0.6) is 0 Å². The average Bonchev–Trinajstić information content (AvgIpc) is 2.74.